The van der Waals surface area contributed by atoms with Gasteiger partial charge in [-0.3, -0.25) is 4.79 Å². The molecule has 0 aromatic carbocycles. The molecule has 1 heterocycles. The predicted molar refractivity (Wildman–Crippen MR) is 73.9 cm³/mol. The summed E-state index contributed by atoms with van der Waals surface area (Å²) in [5, 5.41) is 3.02. The Balaban J connectivity index is 2.23. The van der Waals surface area contributed by atoms with Crippen LogP contribution in [0.15, 0.2) is 10.9 Å². The number of aromatic nitrogens is 2. The van der Waals surface area contributed by atoms with Gasteiger partial charge in [0.15, 0.2) is 0 Å². The molecule has 1 unspecified atom stereocenters. The number of H-pyrrole nitrogens is 1. The van der Waals surface area contributed by atoms with Crippen molar-refractivity contribution in [3.63, 3.8) is 0 Å². The third kappa shape index (κ3) is 3.64. The van der Waals surface area contributed by atoms with Crippen molar-refractivity contribution in [1.29, 1.82) is 0 Å². The van der Waals surface area contributed by atoms with Gasteiger partial charge < -0.3 is 15.0 Å². The first-order valence-electron chi connectivity index (χ1n) is 7.02. The van der Waals surface area contributed by atoms with Crippen LogP contribution in [-0.4, -0.2) is 24.1 Å². The molecule has 1 aromatic heterocycles. The Hall–Kier alpha value is -1.20. The number of ether oxygens (including phenoxy) is 1. The summed E-state index contributed by atoms with van der Waals surface area (Å²) in [6.07, 6.45) is 5.99. The van der Waals surface area contributed by atoms with Crippen molar-refractivity contribution in [3.05, 3.63) is 27.9 Å². The van der Waals surface area contributed by atoms with Crippen molar-refractivity contribution in [1.82, 2.24) is 15.3 Å². The molecule has 2 N–H and O–H groups in total. The number of aromatic amines is 1. The highest BCUT2D eigenvalue weighted by atomic mass is 16.5. The van der Waals surface area contributed by atoms with Gasteiger partial charge in [-0.05, 0) is 25.8 Å². The second-order valence-electron chi connectivity index (χ2n) is 5.21. The maximum Gasteiger partial charge on any atom is 0.251 e. The number of hydrogen-bond acceptors (Lipinski definition) is 4. The normalized spacial score (nSPS) is 18.4. The standard InChI is InChI=1S/C14H23N3O2/c1-15-9-11-8-12(18)17-14(16-11)13(19-2)10-6-4-3-5-7-10/h8,10,13,15H,3-7,9H2,1-2H3,(H,16,17,18). The highest BCUT2D eigenvalue weighted by Gasteiger charge is 2.27. The van der Waals surface area contributed by atoms with Gasteiger partial charge in [-0.1, -0.05) is 19.3 Å². The van der Waals surface area contributed by atoms with E-state index in [1.54, 1.807) is 7.11 Å². The minimum atomic E-state index is -0.104. The molecule has 2 rings (SSSR count). The van der Waals surface area contributed by atoms with Crippen molar-refractivity contribution in [2.75, 3.05) is 14.2 Å². The van der Waals surface area contributed by atoms with Gasteiger partial charge >= 0.3 is 0 Å². The molecular weight excluding hydrogens is 242 g/mol. The van der Waals surface area contributed by atoms with Gasteiger partial charge in [0.1, 0.15) is 11.9 Å². The van der Waals surface area contributed by atoms with E-state index < -0.39 is 0 Å². The van der Waals surface area contributed by atoms with E-state index in [1.807, 2.05) is 7.05 Å². The molecule has 106 valence electrons. The molecule has 1 aliphatic rings. The van der Waals surface area contributed by atoms with Crippen LogP contribution in [0.25, 0.3) is 0 Å². The van der Waals surface area contributed by atoms with Gasteiger partial charge in [0.05, 0.1) is 5.69 Å². The minimum absolute atomic E-state index is 0.0928. The summed E-state index contributed by atoms with van der Waals surface area (Å²) < 4.78 is 5.61. The van der Waals surface area contributed by atoms with Gasteiger partial charge in [-0.15, -0.1) is 0 Å². The van der Waals surface area contributed by atoms with Crippen LogP contribution in [0.5, 0.6) is 0 Å². The molecule has 0 aliphatic heterocycles. The zero-order valence-corrected chi connectivity index (χ0v) is 11.7. The Morgan fingerprint density at radius 3 is 2.84 bits per heavy atom. The minimum Gasteiger partial charge on any atom is -0.373 e. The number of methoxy groups -OCH3 is 1. The number of hydrogen-bond donors (Lipinski definition) is 2. The van der Waals surface area contributed by atoms with Gasteiger partial charge in [0, 0.05) is 19.7 Å². The number of rotatable bonds is 5. The monoisotopic (exact) mass is 265 g/mol. The molecule has 0 radical (unpaired) electrons. The summed E-state index contributed by atoms with van der Waals surface area (Å²) >= 11 is 0. The van der Waals surface area contributed by atoms with Crippen molar-refractivity contribution >= 4 is 0 Å². The van der Waals surface area contributed by atoms with Crippen LogP contribution >= 0.6 is 0 Å². The van der Waals surface area contributed by atoms with E-state index in [2.05, 4.69) is 15.3 Å². The third-order valence-electron chi connectivity index (χ3n) is 3.77. The Morgan fingerprint density at radius 2 is 2.21 bits per heavy atom. The van der Waals surface area contributed by atoms with E-state index in [0.29, 0.717) is 18.3 Å². The zero-order valence-electron chi connectivity index (χ0n) is 11.7. The average molecular weight is 265 g/mol. The number of nitrogens with zero attached hydrogens (tertiary/aromatic N) is 1. The highest BCUT2D eigenvalue weighted by Crippen LogP contribution is 2.34. The van der Waals surface area contributed by atoms with E-state index in [9.17, 15) is 4.79 Å². The summed E-state index contributed by atoms with van der Waals surface area (Å²) in [6.45, 7) is 0.595. The first-order chi connectivity index (χ1) is 9.24. The van der Waals surface area contributed by atoms with Crippen molar-refractivity contribution in [2.24, 2.45) is 5.92 Å². The van der Waals surface area contributed by atoms with E-state index >= 15 is 0 Å². The zero-order chi connectivity index (χ0) is 13.7. The molecule has 1 aliphatic carbocycles. The third-order valence-corrected chi connectivity index (χ3v) is 3.77. The second kappa shape index (κ2) is 6.82. The molecule has 0 spiro atoms. The smallest absolute Gasteiger partial charge is 0.251 e. The summed E-state index contributed by atoms with van der Waals surface area (Å²) in [7, 11) is 3.54. The van der Waals surface area contributed by atoms with E-state index in [-0.39, 0.29) is 11.7 Å². The fourth-order valence-electron chi connectivity index (χ4n) is 2.90. The van der Waals surface area contributed by atoms with Crippen LogP contribution < -0.4 is 10.9 Å². The fraction of sp³-hybridized carbons (Fsp3) is 0.714. The van der Waals surface area contributed by atoms with Crippen molar-refractivity contribution in [3.8, 4) is 0 Å². The summed E-state index contributed by atoms with van der Waals surface area (Å²) in [6, 6.07) is 1.54. The lowest BCUT2D eigenvalue weighted by atomic mass is 9.85. The predicted octanol–water partition coefficient (Wildman–Crippen LogP) is 1.76. The number of nitrogens with one attached hydrogen (secondary N) is 2. The quantitative estimate of drug-likeness (QED) is 0.851. The van der Waals surface area contributed by atoms with Crippen molar-refractivity contribution < 1.29 is 4.74 Å². The molecule has 5 heteroatoms. The van der Waals surface area contributed by atoms with Crippen LogP contribution in [0, 0.1) is 5.92 Å². The summed E-state index contributed by atoms with van der Waals surface area (Å²) in [5.74, 6) is 1.14. The van der Waals surface area contributed by atoms with Crippen LogP contribution in [0.3, 0.4) is 0 Å². The Labute approximate surface area is 113 Å². The molecule has 1 saturated carbocycles. The van der Waals surface area contributed by atoms with Crippen LogP contribution in [0.4, 0.5) is 0 Å². The van der Waals surface area contributed by atoms with Crippen LogP contribution in [-0.2, 0) is 11.3 Å². The van der Waals surface area contributed by atoms with E-state index in [4.69, 9.17) is 4.74 Å². The lowest BCUT2D eigenvalue weighted by Crippen LogP contribution is -2.24. The molecular formula is C14H23N3O2. The molecule has 19 heavy (non-hydrogen) atoms. The topological polar surface area (TPSA) is 67.0 Å². The maximum absolute atomic E-state index is 11.7. The van der Waals surface area contributed by atoms with Crippen molar-refractivity contribution in [2.45, 2.75) is 44.8 Å². The van der Waals surface area contributed by atoms with Gasteiger partial charge in [0.25, 0.3) is 5.56 Å². The summed E-state index contributed by atoms with van der Waals surface area (Å²) in [5.41, 5.74) is 0.659. The molecule has 0 amide bonds. The van der Waals surface area contributed by atoms with Gasteiger partial charge in [-0.25, -0.2) is 4.98 Å². The Kier molecular flexibility index (Phi) is 5.10. The second-order valence-corrected chi connectivity index (χ2v) is 5.21. The molecule has 0 saturated heterocycles. The van der Waals surface area contributed by atoms with Crippen LogP contribution in [0.1, 0.15) is 49.7 Å². The molecule has 1 fully saturated rings. The SMILES string of the molecule is CNCc1cc(=O)[nH]c(C(OC)C2CCCCC2)n1. The molecule has 1 aromatic rings. The van der Waals surface area contributed by atoms with Gasteiger partial charge in [0.2, 0.25) is 0 Å². The lowest BCUT2D eigenvalue weighted by Gasteiger charge is -2.28. The first kappa shape index (κ1) is 14.2. The largest absolute Gasteiger partial charge is 0.373 e. The van der Waals surface area contributed by atoms with E-state index in [1.165, 1.54) is 25.3 Å². The fourth-order valence-corrected chi connectivity index (χ4v) is 2.90. The van der Waals surface area contributed by atoms with Crippen LogP contribution in [0.2, 0.25) is 0 Å². The first-order valence-corrected chi connectivity index (χ1v) is 7.02. The molecule has 5 nitrogen and oxygen atoms in total. The maximum atomic E-state index is 11.7. The lowest BCUT2D eigenvalue weighted by molar-refractivity contribution is 0.0286. The Bertz CT molecular complexity index is 452. The molecule has 0 bridgehead atoms. The highest BCUT2D eigenvalue weighted by molar-refractivity contribution is 5.05. The summed E-state index contributed by atoms with van der Waals surface area (Å²) in [4.78, 5) is 19.1. The Morgan fingerprint density at radius 1 is 1.47 bits per heavy atom. The van der Waals surface area contributed by atoms with Gasteiger partial charge in [-0.2, -0.15) is 0 Å². The average Bonchev–Trinajstić information content (AvgIpc) is 2.40. The van der Waals surface area contributed by atoms with E-state index in [0.717, 1.165) is 18.5 Å². The molecule has 1 atom stereocenters.